The molecule has 2 N–H and O–H groups in total. The molecule has 0 radical (unpaired) electrons. The fourth-order valence-electron chi connectivity index (χ4n) is 4.02. The number of carbonyl (C=O) groups excluding carboxylic acids is 1. The Morgan fingerprint density at radius 1 is 1.09 bits per heavy atom. The van der Waals surface area contributed by atoms with Gasteiger partial charge in [0.25, 0.3) is 0 Å². The first-order valence-electron chi connectivity index (χ1n) is 10.3. The lowest BCUT2D eigenvalue weighted by atomic mass is 9.94. The van der Waals surface area contributed by atoms with Crippen LogP contribution < -0.4 is 9.64 Å². The Morgan fingerprint density at radius 3 is 2.47 bits per heavy atom. The van der Waals surface area contributed by atoms with Crippen molar-refractivity contribution in [1.29, 1.82) is 0 Å². The van der Waals surface area contributed by atoms with Crippen LogP contribution in [-0.2, 0) is 4.74 Å². The Bertz CT molecular complexity index is 1070. The van der Waals surface area contributed by atoms with Crippen LogP contribution in [0.3, 0.4) is 0 Å². The van der Waals surface area contributed by atoms with Gasteiger partial charge in [0.2, 0.25) is 0 Å². The highest BCUT2D eigenvalue weighted by Gasteiger charge is 2.44. The van der Waals surface area contributed by atoms with Crippen LogP contribution in [0.5, 0.6) is 11.5 Å². The zero-order valence-corrected chi connectivity index (χ0v) is 17.5. The molecule has 1 amide bonds. The molecule has 3 aromatic carbocycles. The number of hydrogen-bond donors (Lipinski definition) is 2. The number of aliphatic hydroxyl groups excluding tert-OH is 1. The van der Waals surface area contributed by atoms with Crippen LogP contribution in [0.1, 0.15) is 36.1 Å². The van der Waals surface area contributed by atoms with Gasteiger partial charge >= 0.3 is 6.09 Å². The summed E-state index contributed by atoms with van der Waals surface area (Å²) in [4.78, 5) is 14.4. The molecule has 3 aromatic rings. The number of nitrogens with zero attached hydrogens (tertiary/aromatic N) is 1. The average molecular weight is 437 g/mol. The molecular weight excluding hydrogens is 413 g/mol. The minimum absolute atomic E-state index is 0.0161. The second-order valence-corrected chi connectivity index (χ2v) is 7.64. The average Bonchev–Trinajstić information content (AvgIpc) is 3.14. The Hall–Kier alpha value is -3.58. The lowest BCUT2D eigenvalue weighted by molar-refractivity contribution is 0.100. The van der Waals surface area contributed by atoms with E-state index in [1.54, 1.807) is 24.3 Å². The molecule has 1 aliphatic rings. The lowest BCUT2D eigenvalue weighted by Gasteiger charge is -2.26. The predicted molar refractivity (Wildman–Crippen MR) is 117 cm³/mol. The maximum absolute atomic E-state index is 13.2. The van der Waals surface area contributed by atoms with Crippen molar-refractivity contribution in [3.05, 3.63) is 89.7 Å². The maximum atomic E-state index is 13.2. The quantitative estimate of drug-likeness (QED) is 0.536. The molecule has 0 saturated carbocycles. The number of anilines is 1. The minimum atomic E-state index is -0.842. The van der Waals surface area contributed by atoms with Crippen molar-refractivity contribution in [2.24, 2.45) is 0 Å². The van der Waals surface area contributed by atoms with E-state index in [-0.39, 0.29) is 11.6 Å². The SMILES string of the molecule is COc1ccc([C@@H]2[C@@H](CCC(O)c3ccc(F)cc3)OC(=O)N2c2ccccc2)c(O)c1. The van der Waals surface area contributed by atoms with E-state index >= 15 is 0 Å². The van der Waals surface area contributed by atoms with E-state index in [0.717, 1.165) is 0 Å². The van der Waals surface area contributed by atoms with Gasteiger partial charge in [0, 0.05) is 17.3 Å². The Balaban J connectivity index is 1.63. The van der Waals surface area contributed by atoms with Crippen molar-refractivity contribution in [2.75, 3.05) is 12.0 Å². The molecule has 1 heterocycles. The van der Waals surface area contributed by atoms with E-state index in [2.05, 4.69) is 0 Å². The number of ether oxygens (including phenoxy) is 2. The molecule has 0 aromatic heterocycles. The van der Waals surface area contributed by atoms with Crippen molar-refractivity contribution < 1.29 is 28.9 Å². The van der Waals surface area contributed by atoms with Gasteiger partial charge in [-0.05, 0) is 54.8 Å². The topological polar surface area (TPSA) is 79.2 Å². The fraction of sp³-hybridized carbons (Fsp3) is 0.240. The molecule has 32 heavy (non-hydrogen) atoms. The summed E-state index contributed by atoms with van der Waals surface area (Å²) in [7, 11) is 1.51. The minimum Gasteiger partial charge on any atom is -0.507 e. The number of aromatic hydroxyl groups is 1. The fourth-order valence-corrected chi connectivity index (χ4v) is 4.02. The van der Waals surface area contributed by atoms with E-state index in [1.807, 2.05) is 18.2 Å². The molecular formula is C25H24FNO5. The summed E-state index contributed by atoms with van der Waals surface area (Å²) in [6.45, 7) is 0. The highest BCUT2D eigenvalue weighted by atomic mass is 19.1. The van der Waals surface area contributed by atoms with Crippen molar-refractivity contribution in [2.45, 2.75) is 31.1 Å². The summed E-state index contributed by atoms with van der Waals surface area (Å²) < 4.78 is 24.0. The van der Waals surface area contributed by atoms with Crippen molar-refractivity contribution in [3.63, 3.8) is 0 Å². The third-order valence-corrected chi connectivity index (χ3v) is 5.65. The number of rotatable bonds is 7. The van der Waals surface area contributed by atoms with Gasteiger partial charge in [0.05, 0.1) is 13.2 Å². The smallest absolute Gasteiger partial charge is 0.415 e. The standard InChI is InChI=1S/C25H24FNO5/c1-31-19-11-12-20(22(29)15-19)24-23(14-13-21(28)16-7-9-17(26)10-8-16)32-25(30)27(24)18-5-3-2-4-6-18/h2-12,15,21,23-24,28-29H,13-14H2,1H3/t21?,23-,24-/m1/s1. The predicted octanol–water partition coefficient (Wildman–Crippen LogP) is 5.12. The van der Waals surface area contributed by atoms with Crippen molar-refractivity contribution in [3.8, 4) is 11.5 Å². The number of carbonyl (C=O) groups is 1. The zero-order chi connectivity index (χ0) is 22.7. The number of phenolic OH excluding ortho intramolecular Hbond substituents is 1. The number of amides is 1. The zero-order valence-electron chi connectivity index (χ0n) is 17.5. The number of phenols is 1. The number of halogens is 1. The molecule has 0 spiro atoms. The number of para-hydroxylation sites is 1. The van der Waals surface area contributed by atoms with E-state index in [4.69, 9.17) is 9.47 Å². The van der Waals surface area contributed by atoms with E-state index in [1.165, 1.54) is 42.3 Å². The van der Waals surface area contributed by atoms with Gasteiger partial charge < -0.3 is 19.7 Å². The number of aliphatic hydroxyl groups is 1. The normalized spacial score (nSPS) is 19.0. The number of methoxy groups -OCH3 is 1. The summed E-state index contributed by atoms with van der Waals surface area (Å²) in [5.74, 6) is 0.0999. The number of cyclic esters (lactones) is 1. The third-order valence-electron chi connectivity index (χ3n) is 5.65. The maximum Gasteiger partial charge on any atom is 0.415 e. The largest absolute Gasteiger partial charge is 0.507 e. The van der Waals surface area contributed by atoms with Crippen LogP contribution in [0.2, 0.25) is 0 Å². The summed E-state index contributed by atoms with van der Waals surface area (Å²) >= 11 is 0. The second-order valence-electron chi connectivity index (χ2n) is 7.64. The van der Waals surface area contributed by atoms with Crippen LogP contribution >= 0.6 is 0 Å². The molecule has 1 fully saturated rings. The first-order valence-corrected chi connectivity index (χ1v) is 10.3. The summed E-state index contributed by atoms with van der Waals surface area (Å²) in [5.41, 5.74) is 1.74. The third kappa shape index (κ3) is 4.38. The Kier molecular flexibility index (Phi) is 6.28. The molecule has 3 atom stereocenters. The van der Waals surface area contributed by atoms with Crippen LogP contribution in [0.15, 0.2) is 72.8 Å². The highest BCUT2D eigenvalue weighted by Crippen LogP contribution is 2.43. The first-order chi connectivity index (χ1) is 15.5. The van der Waals surface area contributed by atoms with Gasteiger partial charge in [-0.1, -0.05) is 30.3 Å². The van der Waals surface area contributed by atoms with E-state index in [9.17, 15) is 19.4 Å². The van der Waals surface area contributed by atoms with Gasteiger partial charge in [-0.15, -0.1) is 0 Å². The van der Waals surface area contributed by atoms with Crippen LogP contribution in [-0.4, -0.2) is 29.5 Å². The summed E-state index contributed by atoms with van der Waals surface area (Å²) in [6, 6.07) is 19.0. The van der Waals surface area contributed by atoms with Gasteiger partial charge in [0.15, 0.2) is 0 Å². The number of hydrogen-bond acceptors (Lipinski definition) is 5. The molecule has 7 heteroatoms. The first kappa shape index (κ1) is 21.6. The molecule has 166 valence electrons. The van der Waals surface area contributed by atoms with Crippen LogP contribution in [0.25, 0.3) is 0 Å². The monoisotopic (exact) mass is 437 g/mol. The van der Waals surface area contributed by atoms with Gasteiger partial charge in [0.1, 0.15) is 29.5 Å². The van der Waals surface area contributed by atoms with E-state index < -0.39 is 24.3 Å². The summed E-state index contributed by atoms with van der Waals surface area (Å²) in [5, 5.41) is 21.2. The second kappa shape index (κ2) is 9.28. The summed E-state index contributed by atoms with van der Waals surface area (Å²) in [6.07, 6.45) is -1.36. The molecule has 0 aliphatic carbocycles. The van der Waals surface area contributed by atoms with Crippen molar-refractivity contribution >= 4 is 11.8 Å². The highest BCUT2D eigenvalue weighted by molar-refractivity contribution is 5.91. The van der Waals surface area contributed by atoms with Crippen LogP contribution in [0.4, 0.5) is 14.9 Å². The Morgan fingerprint density at radius 2 is 1.81 bits per heavy atom. The van der Waals surface area contributed by atoms with Gasteiger partial charge in [-0.3, -0.25) is 4.90 Å². The van der Waals surface area contributed by atoms with Gasteiger partial charge in [-0.2, -0.15) is 0 Å². The molecule has 6 nitrogen and oxygen atoms in total. The van der Waals surface area contributed by atoms with Gasteiger partial charge in [-0.25, -0.2) is 9.18 Å². The Labute approximate surface area is 185 Å². The molecule has 4 rings (SSSR count). The van der Waals surface area contributed by atoms with E-state index in [0.29, 0.717) is 35.4 Å². The number of benzene rings is 3. The van der Waals surface area contributed by atoms with Crippen molar-refractivity contribution in [1.82, 2.24) is 0 Å². The molecule has 1 aliphatic heterocycles. The molecule has 0 bridgehead atoms. The lowest BCUT2D eigenvalue weighted by Crippen LogP contribution is -2.29. The van der Waals surface area contributed by atoms with Crippen LogP contribution in [0, 0.1) is 5.82 Å². The molecule has 1 saturated heterocycles. The molecule has 1 unspecified atom stereocenters.